The van der Waals surface area contributed by atoms with Gasteiger partial charge >= 0.3 is 5.97 Å². The van der Waals surface area contributed by atoms with Crippen molar-refractivity contribution < 1.29 is 14.3 Å². The van der Waals surface area contributed by atoms with E-state index in [1.165, 1.54) is 18.4 Å². The number of anilines is 2. The third-order valence-electron chi connectivity index (χ3n) is 5.35. The highest BCUT2D eigenvalue weighted by atomic mass is 32.1. The zero-order valence-electron chi connectivity index (χ0n) is 17.5. The van der Waals surface area contributed by atoms with Crippen LogP contribution in [-0.4, -0.2) is 56.6 Å². The molecule has 30 heavy (non-hydrogen) atoms. The summed E-state index contributed by atoms with van der Waals surface area (Å²) >= 11 is 1.40. The molecule has 7 nitrogen and oxygen atoms in total. The van der Waals surface area contributed by atoms with Crippen molar-refractivity contribution in [3.8, 4) is 6.07 Å². The van der Waals surface area contributed by atoms with Gasteiger partial charge in [0.15, 0.2) is 0 Å². The number of carbonyl (C=O) groups is 2. The Hall–Kier alpha value is -2.89. The van der Waals surface area contributed by atoms with Crippen LogP contribution in [0.5, 0.6) is 0 Å². The minimum Gasteiger partial charge on any atom is -0.465 e. The van der Waals surface area contributed by atoms with Crippen LogP contribution < -0.4 is 10.2 Å². The molecule has 2 aromatic rings. The van der Waals surface area contributed by atoms with Crippen molar-refractivity contribution in [3.63, 3.8) is 0 Å². The van der Waals surface area contributed by atoms with Crippen LogP contribution in [0.2, 0.25) is 0 Å². The minimum atomic E-state index is -0.431. The first kappa shape index (κ1) is 21.8. The molecule has 1 N–H and O–H groups in total. The van der Waals surface area contributed by atoms with Crippen molar-refractivity contribution in [1.82, 2.24) is 4.90 Å². The van der Waals surface area contributed by atoms with Crippen LogP contribution in [0.4, 0.5) is 10.7 Å². The topological polar surface area (TPSA) is 85.7 Å². The number of carbonyl (C=O) groups excluding carboxylic acids is 2. The Morgan fingerprint density at radius 2 is 1.90 bits per heavy atom. The molecule has 1 aromatic heterocycles. The van der Waals surface area contributed by atoms with Crippen molar-refractivity contribution in [2.45, 2.75) is 20.3 Å². The van der Waals surface area contributed by atoms with E-state index in [-0.39, 0.29) is 12.5 Å². The van der Waals surface area contributed by atoms with Gasteiger partial charge in [-0.05, 0) is 50.1 Å². The number of hydrogen-bond donors (Lipinski definition) is 1. The zero-order chi connectivity index (χ0) is 21.7. The number of hydrogen-bond acceptors (Lipinski definition) is 7. The fraction of sp³-hybridized carbons (Fsp3) is 0.409. The average Bonchev–Trinajstić information content (AvgIpc) is 2.89. The Bertz CT molecular complexity index is 962. The number of nitrogens with zero attached hydrogens (tertiary/aromatic N) is 3. The standard InChI is InChI=1S/C22H26N4O3S/c1-15-16(2)30-21(20(15)22(28)29-3)24-19(27)14-25-9-4-10-26(12-11-25)18-7-5-17(13-23)6-8-18/h5-8H,4,9-12,14H2,1-3H3,(H,24,27). The predicted molar refractivity (Wildman–Crippen MR) is 118 cm³/mol. The molecule has 0 unspecified atom stereocenters. The number of nitriles is 1. The molecule has 0 spiro atoms. The summed E-state index contributed by atoms with van der Waals surface area (Å²) in [5, 5.41) is 12.4. The number of benzene rings is 1. The van der Waals surface area contributed by atoms with E-state index in [9.17, 15) is 9.59 Å². The summed E-state index contributed by atoms with van der Waals surface area (Å²) in [6.45, 7) is 7.36. The number of rotatable bonds is 5. The van der Waals surface area contributed by atoms with Gasteiger partial charge in [-0.25, -0.2) is 4.79 Å². The van der Waals surface area contributed by atoms with Crippen LogP contribution in [0.15, 0.2) is 24.3 Å². The average molecular weight is 427 g/mol. The van der Waals surface area contributed by atoms with Gasteiger partial charge in [-0.2, -0.15) is 5.26 Å². The quantitative estimate of drug-likeness (QED) is 0.739. The van der Waals surface area contributed by atoms with Crippen molar-refractivity contribution in [3.05, 3.63) is 45.8 Å². The molecule has 0 radical (unpaired) electrons. The van der Waals surface area contributed by atoms with Gasteiger partial charge in [0.25, 0.3) is 0 Å². The monoisotopic (exact) mass is 426 g/mol. The Labute approximate surface area is 180 Å². The van der Waals surface area contributed by atoms with E-state index < -0.39 is 5.97 Å². The predicted octanol–water partition coefficient (Wildman–Crippen LogP) is 3.17. The van der Waals surface area contributed by atoms with Gasteiger partial charge in [-0.1, -0.05) is 0 Å². The second-order valence-electron chi connectivity index (χ2n) is 7.30. The molecule has 1 aromatic carbocycles. The smallest absolute Gasteiger partial charge is 0.341 e. The van der Waals surface area contributed by atoms with E-state index in [1.807, 2.05) is 38.1 Å². The highest BCUT2D eigenvalue weighted by Crippen LogP contribution is 2.33. The minimum absolute atomic E-state index is 0.131. The summed E-state index contributed by atoms with van der Waals surface area (Å²) < 4.78 is 4.87. The van der Waals surface area contributed by atoms with Gasteiger partial charge in [0, 0.05) is 36.7 Å². The van der Waals surface area contributed by atoms with Crippen molar-refractivity contribution in [1.29, 1.82) is 5.26 Å². The number of methoxy groups -OCH3 is 1. The molecular formula is C22H26N4O3S. The molecule has 3 rings (SSSR count). The lowest BCUT2D eigenvalue weighted by Gasteiger charge is -2.23. The third kappa shape index (κ3) is 4.99. The lowest BCUT2D eigenvalue weighted by molar-refractivity contribution is -0.117. The van der Waals surface area contributed by atoms with Crippen molar-refractivity contribution in [2.75, 3.05) is 50.1 Å². The maximum atomic E-state index is 12.7. The third-order valence-corrected chi connectivity index (χ3v) is 6.47. The van der Waals surface area contributed by atoms with Crippen molar-refractivity contribution >= 4 is 33.9 Å². The first-order valence-electron chi connectivity index (χ1n) is 9.88. The van der Waals surface area contributed by atoms with Crippen LogP contribution in [-0.2, 0) is 9.53 Å². The van der Waals surface area contributed by atoms with E-state index in [4.69, 9.17) is 10.00 Å². The summed E-state index contributed by atoms with van der Waals surface area (Å²) in [5.41, 5.74) is 3.02. The molecular weight excluding hydrogens is 400 g/mol. The van der Waals surface area contributed by atoms with Crippen LogP contribution in [0.1, 0.15) is 32.8 Å². The number of amides is 1. The Morgan fingerprint density at radius 1 is 1.17 bits per heavy atom. The second kappa shape index (κ2) is 9.74. The number of esters is 1. The molecule has 2 heterocycles. The molecule has 1 aliphatic heterocycles. The van der Waals surface area contributed by atoms with Gasteiger partial charge in [-0.15, -0.1) is 11.3 Å². The maximum Gasteiger partial charge on any atom is 0.341 e. The fourth-order valence-electron chi connectivity index (χ4n) is 3.57. The molecule has 1 fully saturated rings. The van der Waals surface area contributed by atoms with Crippen LogP contribution in [0.25, 0.3) is 0 Å². The second-order valence-corrected chi connectivity index (χ2v) is 8.53. The SMILES string of the molecule is COC(=O)c1c(NC(=O)CN2CCCN(c3ccc(C#N)cc3)CC2)sc(C)c1C. The molecule has 1 aliphatic rings. The van der Waals surface area contributed by atoms with Crippen LogP contribution >= 0.6 is 11.3 Å². The molecule has 0 bridgehead atoms. The highest BCUT2D eigenvalue weighted by Gasteiger charge is 2.23. The summed E-state index contributed by atoms with van der Waals surface area (Å²) in [4.78, 5) is 30.1. The summed E-state index contributed by atoms with van der Waals surface area (Å²) in [6.07, 6.45) is 0.942. The lowest BCUT2D eigenvalue weighted by atomic mass is 10.1. The Kier molecular flexibility index (Phi) is 7.08. The number of thiophene rings is 1. The molecule has 0 atom stereocenters. The first-order chi connectivity index (χ1) is 14.4. The largest absolute Gasteiger partial charge is 0.465 e. The van der Waals surface area contributed by atoms with E-state index in [1.54, 1.807) is 0 Å². The Morgan fingerprint density at radius 3 is 2.57 bits per heavy atom. The molecule has 0 aliphatic carbocycles. The lowest BCUT2D eigenvalue weighted by Crippen LogP contribution is -2.36. The van der Waals surface area contributed by atoms with Crippen LogP contribution in [0.3, 0.4) is 0 Å². The van der Waals surface area contributed by atoms with E-state index >= 15 is 0 Å². The van der Waals surface area contributed by atoms with E-state index in [2.05, 4.69) is 21.2 Å². The number of aryl methyl sites for hydroxylation is 1. The van der Waals surface area contributed by atoms with Crippen molar-refractivity contribution in [2.24, 2.45) is 0 Å². The molecule has 1 saturated heterocycles. The van der Waals surface area contributed by atoms with Gasteiger partial charge in [0.2, 0.25) is 5.91 Å². The Balaban J connectivity index is 1.59. The molecule has 0 saturated carbocycles. The maximum absolute atomic E-state index is 12.7. The normalized spacial score (nSPS) is 14.7. The van der Waals surface area contributed by atoms with Gasteiger partial charge in [-0.3, -0.25) is 9.69 Å². The molecule has 158 valence electrons. The summed E-state index contributed by atoms with van der Waals surface area (Å²) in [7, 11) is 1.34. The summed E-state index contributed by atoms with van der Waals surface area (Å²) in [5.74, 6) is -0.562. The zero-order valence-corrected chi connectivity index (χ0v) is 18.3. The molecule has 8 heteroatoms. The van der Waals surface area contributed by atoms with Gasteiger partial charge < -0.3 is 15.0 Å². The van der Waals surface area contributed by atoms with E-state index in [0.717, 1.165) is 48.7 Å². The highest BCUT2D eigenvalue weighted by molar-refractivity contribution is 7.16. The number of ether oxygens (including phenoxy) is 1. The van der Waals surface area contributed by atoms with E-state index in [0.29, 0.717) is 16.1 Å². The summed E-state index contributed by atoms with van der Waals surface area (Å²) in [6, 6.07) is 9.73. The number of nitrogens with one attached hydrogen (secondary N) is 1. The van der Waals surface area contributed by atoms with Gasteiger partial charge in [0.1, 0.15) is 5.00 Å². The molecule has 1 amide bonds. The van der Waals surface area contributed by atoms with Gasteiger partial charge in [0.05, 0.1) is 30.9 Å². The van der Waals surface area contributed by atoms with Crippen LogP contribution in [0, 0.1) is 25.2 Å². The first-order valence-corrected chi connectivity index (χ1v) is 10.7. The fourth-order valence-corrected chi connectivity index (χ4v) is 4.63.